The van der Waals surface area contributed by atoms with Crippen molar-refractivity contribution in [2.24, 2.45) is 5.10 Å². The molecule has 0 atom stereocenters. The molecule has 3 amide bonds. The number of aromatic nitrogens is 1. The predicted octanol–water partition coefficient (Wildman–Crippen LogP) is -0.0267. The predicted molar refractivity (Wildman–Crippen MR) is 88.4 cm³/mol. The molecule has 1 rings (SSSR count). The number of hydrogen-bond acceptors (Lipinski definition) is 6. The van der Waals surface area contributed by atoms with Crippen LogP contribution in [-0.4, -0.2) is 48.7 Å². The van der Waals surface area contributed by atoms with Crippen molar-refractivity contribution < 1.29 is 19.1 Å². The zero-order valence-corrected chi connectivity index (χ0v) is 13.9. The molecule has 0 aromatic carbocycles. The van der Waals surface area contributed by atoms with Crippen molar-refractivity contribution in [1.29, 1.82) is 0 Å². The number of nitrogens with zero attached hydrogens (tertiary/aromatic N) is 2. The quantitative estimate of drug-likeness (QED) is 0.280. The summed E-state index contributed by atoms with van der Waals surface area (Å²) in [5, 5.41) is 8.69. The maximum atomic E-state index is 11.8. The van der Waals surface area contributed by atoms with E-state index < -0.39 is 11.8 Å². The molecule has 0 bridgehead atoms. The first-order valence-corrected chi connectivity index (χ1v) is 7.26. The maximum absolute atomic E-state index is 11.8. The number of ether oxygens (including phenoxy) is 1. The van der Waals surface area contributed by atoms with Crippen molar-refractivity contribution in [2.75, 3.05) is 25.6 Å². The van der Waals surface area contributed by atoms with Gasteiger partial charge in [0.05, 0.1) is 13.0 Å². The number of nitrogens with one attached hydrogen (secondary N) is 3. The topological polar surface area (TPSA) is 122 Å². The molecule has 0 unspecified atom stereocenters. The minimum absolute atomic E-state index is 0.0405. The molecule has 0 aliphatic heterocycles. The lowest BCUT2D eigenvalue weighted by Gasteiger charge is -2.06. The fourth-order valence-electron chi connectivity index (χ4n) is 1.62. The average molecular weight is 335 g/mol. The first kappa shape index (κ1) is 19.2. The number of hydrazone groups is 1. The summed E-state index contributed by atoms with van der Waals surface area (Å²) in [6.45, 7) is 3.90. The van der Waals surface area contributed by atoms with Gasteiger partial charge >= 0.3 is 11.8 Å². The van der Waals surface area contributed by atoms with Crippen LogP contribution in [0.2, 0.25) is 0 Å². The average Bonchev–Trinajstić information content (AvgIpc) is 2.52. The van der Waals surface area contributed by atoms with Crippen LogP contribution >= 0.6 is 0 Å². The second-order valence-corrected chi connectivity index (χ2v) is 4.93. The van der Waals surface area contributed by atoms with Gasteiger partial charge in [-0.1, -0.05) is 6.07 Å². The van der Waals surface area contributed by atoms with Crippen molar-refractivity contribution >= 4 is 29.3 Å². The van der Waals surface area contributed by atoms with Crippen LogP contribution in [0.5, 0.6) is 0 Å². The number of carbonyl (C=O) groups excluding carboxylic acids is 3. The van der Waals surface area contributed by atoms with Crippen LogP contribution in [0.25, 0.3) is 0 Å². The Morgan fingerprint density at radius 3 is 2.67 bits per heavy atom. The summed E-state index contributed by atoms with van der Waals surface area (Å²) in [5.74, 6) is -1.62. The normalized spacial score (nSPS) is 10.9. The summed E-state index contributed by atoms with van der Waals surface area (Å²) in [5.41, 5.74) is 3.22. The van der Waals surface area contributed by atoms with Crippen LogP contribution in [0.15, 0.2) is 23.3 Å². The lowest BCUT2D eigenvalue weighted by molar-refractivity contribution is -0.139. The molecule has 24 heavy (non-hydrogen) atoms. The van der Waals surface area contributed by atoms with E-state index in [4.69, 9.17) is 4.74 Å². The number of carbonyl (C=O) groups is 3. The van der Waals surface area contributed by atoms with Crippen molar-refractivity contribution in [1.82, 2.24) is 15.7 Å². The highest BCUT2D eigenvalue weighted by Crippen LogP contribution is 2.04. The third kappa shape index (κ3) is 7.45. The third-order valence-electron chi connectivity index (χ3n) is 2.72. The fourth-order valence-corrected chi connectivity index (χ4v) is 1.62. The molecule has 0 aliphatic carbocycles. The number of aryl methyl sites for hydroxylation is 1. The van der Waals surface area contributed by atoms with E-state index in [0.29, 0.717) is 18.1 Å². The van der Waals surface area contributed by atoms with Gasteiger partial charge in [-0.05, 0) is 26.0 Å². The largest absolute Gasteiger partial charge is 0.383 e. The molecule has 0 radical (unpaired) electrons. The van der Waals surface area contributed by atoms with Crippen LogP contribution in [0.4, 0.5) is 5.82 Å². The second kappa shape index (κ2) is 10.1. The van der Waals surface area contributed by atoms with Crippen LogP contribution < -0.4 is 16.1 Å². The van der Waals surface area contributed by atoms with Crippen molar-refractivity contribution in [3.63, 3.8) is 0 Å². The molecule has 0 saturated heterocycles. The van der Waals surface area contributed by atoms with Gasteiger partial charge in [-0.3, -0.25) is 14.4 Å². The van der Waals surface area contributed by atoms with E-state index in [9.17, 15) is 14.4 Å². The van der Waals surface area contributed by atoms with Crippen molar-refractivity contribution in [3.8, 4) is 0 Å². The highest BCUT2D eigenvalue weighted by Gasteiger charge is 2.12. The van der Waals surface area contributed by atoms with E-state index in [0.717, 1.165) is 5.69 Å². The Bertz CT molecular complexity index is 630. The van der Waals surface area contributed by atoms with Gasteiger partial charge < -0.3 is 15.4 Å². The Morgan fingerprint density at radius 1 is 1.25 bits per heavy atom. The lowest BCUT2D eigenvalue weighted by Crippen LogP contribution is -2.39. The molecule has 1 heterocycles. The highest BCUT2D eigenvalue weighted by atomic mass is 16.5. The van der Waals surface area contributed by atoms with Gasteiger partial charge in [-0.2, -0.15) is 5.10 Å². The molecule has 1 aromatic heterocycles. The Kier molecular flexibility index (Phi) is 8.06. The van der Waals surface area contributed by atoms with E-state index in [-0.39, 0.29) is 18.9 Å². The Morgan fingerprint density at radius 2 is 2.00 bits per heavy atom. The standard InChI is InChI=1S/C15H21N5O4/c1-10-5-4-6-12(17-10)18-13(21)9-11(2)19-20-15(23)14(22)16-7-8-24-3/h4-6H,7-9H2,1-3H3,(H,16,22)(H,20,23)(H,17,18,21). The van der Waals surface area contributed by atoms with E-state index in [1.54, 1.807) is 19.1 Å². The van der Waals surface area contributed by atoms with E-state index >= 15 is 0 Å². The molecule has 9 heteroatoms. The van der Waals surface area contributed by atoms with Gasteiger partial charge in [-0.15, -0.1) is 0 Å². The first-order chi connectivity index (χ1) is 11.4. The molecule has 130 valence electrons. The Hall–Kier alpha value is -2.81. The number of rotatable bonds is 7. The zero-order chi connectivity index (χ0) is 17.9. The van der Waals surface area contributed by atoms with Crippen LogP contribution in [-0.2, 0) is 19.1 Å². The Balaban J connectivity index is 2.41. The molecule has 0 aliphatic rings. The minimum Gasteiger partial charge on any atom is -0.383 e. The monoisotopic (exact) mass is 335 g/mol. The molecule has 3 N–H and O–H groups in total. The van der Waals surface area contributed by atoms with E-state index in [2.05, 4.69) is 26.1 Å². The summed E-state index contributed by atoms with van der Waals surface area (Å²) in [6.07, 6.45) is -0.0405. The van der Waals surface area contributed by atoms with Gasteiger partial charge in [0, 0.05) is 25.1 Å². The number of anilines is 1. The van der Waals surface area contributed by atoms with Crippen LogP contribution in [0, 0.1) is 6.92 Å². The van der Waals surface area contributed by atoms with Gasteiger partial charge in [0.2, 0.25) is 5.91 Å². The molecule has 1 aromatic rings. The van der Waals surface area contributed by atoms with Gasteiger partial charge in [0.1, 0.15) is 5.82 Å². The van der Waals surface area contributed by atoms with Crippen LogP contribution in [0.3, 0.4) is 0 Å². The minimum atomic E-state index is -0.911. The number of amides is 3. The summed E-state index contributed by atoms with van der Waals surface area (Å²) in [6, 6.07) is 5.26. The molecule has 0 saturated carbocycles. The molecule has 9 nitrogen and oxygen atoms in total. The molecular formula is C15H21N5O4. The zero-order valence-electron chi connectivity index (χ0n) is 13.9. The van der Waals surface area contributed by atoms with Crippen molar-refractivity contribution in [2.45, 2.75) is 20.3 Å². The maximum Gasteiger partial charge on any atom is 0.329 e. The SMILES string of the molecule is COCCNC(=O)C(=O)NN=C(C)CC(=O)Nc1cccc(C)n1. The summed E-state index contributed by atoms with van der Waals surface area (Å²) in [4.78, 5) is 38.9. The lowest BCUT2D eigenvalue weighted by atomic mass is 10.3. The van der Waals surface area contributed by atoms with Crippen LogP contribution in [0.1, 0.15) is 19.0 Å². The third-order valence-corrected chi connectivity index (χ3v) is 2.72. The van der Waals surface area contributed by atoms with Gasteiger partial charge in [0.25, 0.3) is 0 Å². The molecule has 0 spiro atoms. The number of hydrogen-bond donors (Lipinski definition) is 3. The molecule has 0 fully saturated rings. The smallest absolute Gasteiger partial charge is 0.329 e. The summed E-state index contributed by atoms with van der Waals surface area (Å²) < 4.78 is 4.75. The Labute approximate surface area is 139 Å². The van der Waals surface area contributed by atoms with Gasteiger partial charge in [-0.25, -0.2) is 10.4 Å². The second-order valence-electron chi connectivity index (χ2n) is 4.93. The summed E-state index contributed by atoms with van der Waals surface area (Å²) in [7, 11) is 1.48. The number of methoxy groups -OCH3 is 1. The van der Waals surface area contributed by atoms with E-state index in [1.165, 1.54) is 7.11 Å². The summed E-state index contributed by atoms with van der Waals surface area (Å²) >= 11 is 0. The number of pyridine rings is 1. The fraction of sp³-hybridized carbons (Fsp3) is 0.400. The van der Waals surface area contributed by atoms with Gasteiger partial charge in [0.15, 0.2) is 0 Å². The van der Waals surface area contributed by atoms with E-state index in [1.807, 2.05) is 13.0 Å². The first-order valence-electron chi connectivity index (χ1n) is 7.26. The molecular weight excluding hydrogens is 314 g/mol. The highest BCUT2D eigenvalue weighted by molar-refractivity contribution is 6.35. The van der Waals surface area contributed by atoms with Crippen molar-refractivity contribution in [3.05, 3.63) is 23.9 Å².